The number of nitrogens with zero attached hydrogens (tertiary/aromatic N) is 2. The maximum Gasteiger partial charge on any atom is 0.205 e. The Morgan fingerprint density at radius 3 is 2.75 bits per heavy atom. The molecule has 0 bridgehead atoms. The molecule has 2 rings (SSSR count). The third-order valence-corrected chi connectivity index (χ3v) is 2.80. The highest BCUT2D eigenvalue weighted by atomic mass is 32.1. The van der Waals surface area contributed by atoms with Crippen LogP contribution in [0, 0.1) is 6.92 Å². The summed E-state index contributed by atoms with van der Waals surface area (Å²) in [7, 11) is 0. The van der Waals surface area contributed by atoms with Gasteiger partial charge in [0, 0.05) is 6.54 Å². The third-order valence-electron chi connectivity index (χ3n) is 2.01. The molecule has 2 aromatic rings. The Hall–Kier alpha value is -1.68. The van der Waals surface area contributed by atoms with Crippen LogP contribution in [0.1, 0.15) is 10.6 Å². The molecule has 1 aromatic heterocycles. The SMILES string of the molecule is Cc1nnc(NC/C=C\c2ccccc2)s1. The molecular weight excluding hydrogens is 218 g/mol. The lowest BCUT2D eigenvalue weighted by Crippen LogP contribution is -1.96. The van der Waals surface area contributed by atoms with E-state index < -0.39 is 0 Å². The first-order valence-corrected chi connectivity index (χ1v) is 5.92. The Kier molecular flexibility index (Phi) is 3.66. The molecule has 0 aliphatic rings. The van der Waals surface area contributed by atoms with E-state index in [9.17, 15) is 0 Å². The van der Waals surface area contributed by atoms with Gasteiger partial charge in [-0.1, -0.05) is 53.8 Å². The molecular formula is C12H13N3S. The zero-order valence-electron chi connectivity index (χ0n) is 9.05. The van der Waals surface area contributed by atoms with Crippen molar-refractivity contribution < 1.29 is 0 Å². The van der Waals surface area contributed by atoms with Crippen LogP contribution in [0.4, 0.5) is 5.13 Å². The quantitative estimate of drug-likeness (QED) is 0.879. The van der Waals surface area contributed by atoms with Crippen LogP contribution < -0.4 is 5.32 Å². The largest absolute Gasteiger partial charge is 0.357 e. The maximum absolute atomic E-state index is 3.98. The summed E-state index contributed by atoms with van der Waals surface area (Å²) in [5, 5.41) is 13.0. The molecule has 0 fully saturated rings. The predicted molar refractivity (Wildman–Crippen MR) is 68.6 cm³/mol. The second-order valence-electron chi connectivity index (χ2n) is 3.32. The minimum atomic E-state index is 0.767. The molecule has 3 nitrogen and oxygen atoms in total. The second kappa shape index (κ2) is 5.42. The van der Waals surface area contributed by atoms with Gasteiger partial charge in [0.15, 0.2) is 0 Å². The Morgan fingerprint density at radius 2 is 2.06 bits per heavy atom. The fourth-order valence-electron chi connectivity index (χ4n) is 1.27. The highest BCUT2D eigenvalue weighted by molar-refractivity contribution is 7.15. The molecule has 0 unspecified atom stereocenters. The fourth-order valence-corrected chi connectivity index (χ4v) is 1.87. The summed E-state index contributed by atoms with van der Waals surface area (Å²) < 4.78 is 0. The van der Waals surface area contributed by atoms with Crippen LogP contribution in [0.2, 0.25) is 0 Å². The topological polar surface area (TPSA) is 37.8 Å². The van der Waals surface area contributed by atoms with Gasteiger partial charge in [-0.15, -0.1) is 10.2 Å². The summed E-state index contributed by atoms with van der Waals surface area (Å²) in [6.45, 7) is 2.71. The van der Waals surface area contributed by atoms with E-state index in [0.717, 1.165) is 16.7 Å². The smallest absolute Gasteiger partial charge is 0.205 e. The van der Waals surface area contributed by atoms with Crippen molar-refractivity contribution in [2.45, 2.75) is 6.92 Å². The Bertz CT molecular complexity index is 462. The molecule has 0 saturated carbocycles. The van der Waals surface area contributed by atoms with E-state index in [1.54, 1.807) is 11.3 Å². The van der Waals surface area contributed by atoms with Gasteiger partial charge in [-0.3, -0.25) is 0 Å². The normalized spacial score (nSPS) is 10.8. The zero-order chi connectivity index (χ0) is 11.2. The van der Waals surface area contributed by atoms with Gasteiger partial charge < -0.3 is 5.32 Å². The van der Waals surface area contributed by atoms with Crippen LogP contribution >= 0.6 is 11.3 Å². The summed E-state index contributed by atoms with van der Waals surface area (Å²) in [4.78, 5) is 0. The summed E-state index contributed by atoms with van der Waals surface area (Å²) in [5.41, 5.74) is 1.21. The molecule has 4 heteroatoms. The molecule has 0 saturated heterocycles. The number of nitrogens with one attached hydrogen (secondary N) is 1. The Labute approximate surface area is 98.9 Å². The molecule has 0 amide bonds. The number of aromatic nitrogens is 2. The third kappa shape index (κ3) is 3.17. The van der Waals surface area contributed by atoms with Crippen LogP contribution in [0.5, 0.6) is 0 Å². The van der Waals surface area contributed by atoms with Crippen molar-refractivity contribution in [1.82, 2.24) is 10.2 Å². The molecule has 1 aromatic carbocycles. The van der Waals surface area contributed by atoms with Gasteiger partial charge in [0.25, 0.3) is 0 Å². The summed E-state index contributed by atoms with van der Waals surface area (Å²) in [6.07, 6.45) is 4.16. The highest BCUT2D eigenvalue weighted by Crippen LogP contribution is 2.13. The average Bonchev–Trinajstić information content (AvgIpc) is 2.72. The van der Waals surface area contributed by atoms with E-state index in [1.807, 2.05) is 25.1 Å². The molecule has 0 aliphatic heterocycles. The molecule has 1 heterocycles. The lowest BCUT2D eigenvalue weighted by molar-refractivity contribution is 1.04. The van der Waals surface area contributed by atoms with E-state index in [-0.39, 0.29) is 0 Å². The van der Waals surface area contributed by atoms with E-state index in [1.165, 1.54) is 5.56 Å². The molecule has 82 valence electrons. The molecule has 0 spiro atoms. The van der Waals surface area contributed by atoms with Crippen LogP contribution in [0.25, 0.3) is 6.08 Å². The summed E-state index contributed by atoms with van der Waals surface area (Å²) >= 11 is 1.57. The van der Waals surface area contributed by atoms with Gasteiger partial charge in [0.2, 0.25) is 5.13 Å². The number of anilines is 1. The first-order valence-electron chi connectivity index (χ1n) is 5.10. The van der Waals surface area contributed by atoms with E-state index in [0.29, 0.717) is 0 Å². The van der Waals surface area contributed by atoms with Crippen molar-refractivity contribution in [3.63, 3.8) is 0 Å². The Balaban J connectivity index is 1.82. The van der Waals surface area contributed by atoms with Gasteiger partial charge in [-0.2, -0.15) is 0 Å². The lowest BCUT2D eigenvalue weighted by atomic mass is 10.2. The van der Waals surface area contributed by atoms with Crippen molar-refractivity contribution in [2.24, 2.45) is 0 Å². The van der Waals surface area contributed by atoms with Crippen LogP contribution in [-0.2, 0) is 0 Å². The van der Waals surface area contributed by atoms with Crippen molar-refractivity contribution >= 4 is 22.5 Å². The van der Waals surface area contributed by atoms with Gasteiger partial charge in [-0.25, -0.2) is 0 Å². The van der Waals surface area contributed by atoms with Gasteiger partial charge >= 0.3 is 0 Å². The van der Waals surface area contributed by atoms with Gasteiger partial charge in [-0.05, 0) is 12.5 Å². The first-order chi connectivity index (χ1) is 7.84. The summed E-state index contributed by atoms with van der Waals surface area (Å²) in [5.74, 6) is 0. The first kappa shape index (κ1) is 10.8. The van der Waals surface area contributed by atoms with Crippen molar-refractivity contribution in [1.29, 1.82) is 0 Å². The van der Waals surface area contributed by atoms with Crippen LogP contribution in [0.15, 0.2) is 36.4 Å². The highest BCUT2D eigenvalue weighted by Gasteiger charge is 1.95. The minimum absolute atomic E-state index is 0.767. The van der Waals surface area contributed by atoms with E-state index in [2.05, 4.69) is 39.8 Å². The maximum atomic E-state index is 3.98. The standard InChI is InChI=1S/C12H13N3S/c1-10-14-15-12(16-10)13-9-5-8-11-6-3-2-4-7-11/h2-8H,9H2,1H3,(H,13,15)/b8-5-. The molecule has 0 atom stereocenters. The van der Waals surface area contributed by atoms with Crippen molar-refractivity contribution in [2.75, 3.05) is 11.9 Å². The number of hydrogen-bond acceptors (Lipinski definition) is 4. The molecule has 16 heavy (non-hydrogen) atoms. The number of hydrogen-bond donors (Lipinski definition) is 1. The monoisotopic (exact) mass is 231 g/mol. The number of aryl methyl sites for hydroxylation is 1. The molecule has 0 radical (unpaired) electrons. The van der Waals surface area contributed by atoms with Gasteiger partial charge in [0.05, 0.1) is 0 Å². The van der Waals surface area contributed by atoms with E-state index >= 15 is 0 Å². The molecule has 1 N–H and O–H groups in total. The Morgan fingerprint density at radius 1 is 1.25 bits per heavy atom. The molecule has 0 aliphatic carbocycles. The second-order valence-corrected chi connectivity index (χ2v) is 4.50. The fraction of sp³-hybridized carbons (Fsp3) is 0.167. The van der Waals surface area contributed by atoms with Crippen LogP contribution in [0.3, 0.4) is 0 Å². The van der Waals surface area contributed by atoms with Gasteiger partial charge in [0.1, 0.15) is 5.01 Å². The van der Waals surface area contributed by atoms with Crippen molar-refractivity contribution in [3.05, 3.63) is 47.0 Å². The number of benzene rings is 1. The minimum Gasteiger partial charge on any atom is -0.357 e. The van der Waals surface area contributed by atoms with Crippen molar-refractivity contribution in [3.8, 4) is 0 Å². The summed E-state index contributed by atoms with van der Waals surface area (Å²) in [6, 6.07) is 10.2. The average molecular weight is 231 g/mol. The lowest BCUT2D eigenvalue weighted by Gasteiger charge is -1.95. The predicted octanol–water partition coefficient (Wildman–Crippen LogP) is 2.97. The van der Waals surface area contributed by atoms with E-state index in [4.69, 9.17) is 0 Å². The number of rotatable bonds is 4. The zero-order valence-corrected chi connectivity index (χ0v) is 9.87. The van der Waals surface area contributed by atoms with Crippen LogP contribution in [-0.4, -0.2) is 16.7 Å².